The highest BCUT2D eigenvalue weighted by Gasteiger charge is 2.27. The molecule has 2 saturated heterocycles. The van der Waals surface area contributed by atoms with Gasteiger partial charge in [0.2, 0.25) is 0 Å². The van der Waals surface area contributed by atoms with Gasteiger partial charge in [-0.3, -0.25) is 9.59 Å². The van der Waals surface area contributed by atoms with Crippen LogP contribution in [0.2, 0.25) is 0 Å². The first-order valence-electron chi connectivity index (χ1n) is 14.3. The van der Waals surface area contributed by atoms with Crippen LogP contribution in [0.4, 0.5) is 21.9 Å². The molecular weight excluding hydrogens is 534 g/mol. The molecule has 0 unspecified atom stereocenters. The number of amides is 4. The van der Waals surface area contributed by atoms with E-state index in [-0.39, 0.29) is 17.8 Å². The average molecular weight is 572 g/mol. The second kappa shape index (κ2) is 13.3. The van der Waals surface area contributed by atoms with Gasteiger partial charge in [0.1, 0.15) is 11.5 Å². The molecule has 0 saturated carbocycles. The van der Waals surface area contributed by atoms with Gasteiger partial charge in [-0.15, -0.1) is 0 Å². The van der Waals surface area contributed by atoms with Crippen molar-refractivity contribution >= 4 is 34.9 Å². The third-order valence-corrected chi connectivity index (χ3v) is 7.70. The van der Waals surface area contributed by atoms with E-state index >= 15 is 0 Å². The van der Waals surface area contributed by atoms with Gasteiger partial charge in [0.05, 0.1) is 19.8 Å². The molecule has 0 radical (unpaired) electrons. The van der Waals surface area contributed by atoms with Crippen LogP contribution < -0.4 is 25.0 Å². The van der Waals surface area contributed by atoms with Crippen molar-refractivity contribution in [2.75, 3.05) is 69.0 Å². The third kappa shape index (κ3) is 6.76. The molecule has 0 bridgehead atoms. The fourth-order valence-electron chi connectivity index (χ4n) is 5.34. The number of benzene rings is 3. The van der Waals surface area contributed by atoms with Crippen LogP contribution >= 0.6 is 0 Å². The molecule has 0 spiro atoms. The third-order valence-electron chi connectivity index (χ3n) is 7.70. The molecule has 0 atom stereocenters. The number of likely N-dealkylation sites (tertiary alicyclic amines) is 1. The van der Waals surface area contributed by atoms with E-state index in [4.69, 9.17) is 9.47 Å². The second-order valence-corrected chi connectivity index (χ2v) is 10.4. The summed E-state index contributed by atoms with van der Waals surface area (Å²) in [6, 6.07) is 19.5. The zero-order valence-corrected chi connectivity index (χ0v) is 24.1. The number of nitrogens with one attached hydrogen (secondary N) is 2. The molecule has 42 heavy (non-hydrogen) atoms. The topological polar surface area (TPSA) is 103 Å². The van der Waals surface area contributed by atoms with Crippen molar-refractivity contribution < 1.29 is 23.9 Å². The number of ether oxygens (including phenoxy) is 2. The number of carbonyl (C=O) groups excluding carboxylic acids is 3. The minimum absolute atomic E-state index is 0.0404. The predicted molar refractivity (Wildman–Crippen MR) is 163 cm³/mol. The lowest BCUT2D eigenvalue weighted by atomic mass is 10.1. The van der Waals surface area contributed by atoms with E-state index in [1.165, 1.54) is 0 Å². The van der Waals surface area contributed by atoms with E-state index < -0.39 is 0 Å². The predicted octanol–water partition coefficient (Wildman–Crippen LogP) is 4.94. The van der Waals surface area contributed by atoms with Crippen molar-refractivity contribution in [3.63, 3.8) is 0 Å². The number of carbonyl (C=O) groups is 3. The highest BCUT2D eigenvalue weighted by molar-refractivity contribution is 6.06. The summed E-state index contributed by atoms with van der Waals surface area (Å²) < 4.78 is 10.4. The smallest absolute Gasteiger partial charge is 0.321 e. The van der Waals surface area contributed by atoms with Gasteiger partial charge in [0.15, 0.2) is 0 Å². The number of anilines is 3. The van der Waals surface area contributed by atoms with Crippen LogP contribution in [0.1, 0.15) is 40.0 Å². The SMILES string of the molecule is COc1ccc(NC(=O)N2CCCN(c3ccc(NC(=O)c4ccc(OC)cc4)cc3C(=O)N3CCCC3)CC2)cc1. The molecule has 3 aromatic rings. The van der Waals surface area contributed by atoms with Crippen LogP contribution in [0, 0.1) is 0 Å². The summed E-state index contributed by atoms with van der Waals surface area (Å²) in [5.41, 5.74) is 3.12. The van der Waals surface area contributed by atoms with E-state index in [1.807, 2.05) is 41.3 Å². The zero-order valence-electron chi connectivity index (χ0n) is 24.1. The fourth-order valence-corrected chi connectivity index (χ4v) is 5.34. The van der Waals surface area contributed by atoms with Gasteiger partial charge in [-0.05, 0) is 86.0 Å². The zero-order chi connectivity index (χ0) is 29.5. The lowest BCUT2D eigenvalue weighted by molar-refractivity contribution is 0.0793. The van der Waals surface area contributed by atoms with E-state index in [2.05, 4.69) is 15.5 Å². The molecule has 3 aromatic carbocycles. The van der Waals surface area contributed by atoms with Gasteiger partial charge >= 0.3 is 6.03 Å². The van der Waals surface area contributed by atoms with Crippen LogP contribution in [0.15, 0.2) is 66.7 Å². The minimum Gasteiger partial charge on any atom is -0.497 e. The highest BCUT2D eigenvalue weighted by atomic mass is 16.5. The molecule has 2 aliphatic rings. The maximum atomic E-state index is 13.7. The van der Waals surface area contributed by atoms with Crippen molar-refractivity contribution in [3.8, 4) is 11.5 Å². The summed E-state index contributed by atoms with van der Waals surface area (Å²) in [6.07, 6.45) is 2.72. The summed E-state index contributed by atoms with van der Waals surface area (Å²) in [4.78, 5) is 45.5. The van der Waals surface area contributed by atoms with Gasteiger partial charge in [-0.2, -0.15) is 0 Å². The molecular formula is C32H37N5O5. The van der Waals surface area contributed by atoms with Crippen molar-refractivity contribution in [3.05, 3.63) is 77.9 Å². The van der Waals surface area contributed by atoms with Gasteiger partial charge in [0, 0.05) is 61.9 Å². The Labute approximate surface area is 246 Å². The second-order valence-electron chi connectivity index (χ2n) is 10.4. The van der Waals surface area contributed by atoms with Gasteiger partial charge in [-0.1, -0.05) is 0 Å². The average Bonchev–Trinajstić information content (AvgIpc) is 3.46. The quantitative estimate of drug-likeness (QED) is 0.417. The van der Waals surface area contributed by atoms with Crippen LogP contribution in [-0.4, -0.2) is 81.1 Å². The summed E-state index contributed by atoms with van der Waals surface area (Å²) in [6.45, 7) is 3.83. The summed E-state index contributed by atoms with van der Waals surface area (Å²) in [5.74, 6) is 1.09. The number of urea groups is 1. The van der Waals surface area contributed by atoms with Crippen molar-refractivity contribution in [2.24, 2.45) is 0 Å². The normalized spacial score (nSPS) is 15.1. The summed E-state index contributed by atoms with van der Waals surface area (Å²) in [5, 5.41) is 5.90. The number of hydrogen-bond donors (Lipinski definition) is 2. The van der Waals surface area contributed by atoms with Crippen molar-refractivity contribution in [1.29, 1.82) is 0 Å². The van der Waals surface area contributed by atoms with Gasteiger partial charge in [-0.25, -0.2) is 4.79 Å². The first-order chi connectivity index (χ1) is 20.4. The molecule has 2 heterocycles. The Hall–Kier alpha value is -4.73. The number of rotatable bonds is 7. The summed E-state index contributed by atoms with van der Waals surface area (Å²) >= 11 is 0. The molecule has 2 N–H and O–H groups in total. The number of methoxy groups -OCH3 is 2. The Morgan fingerprint density at radius 2 is 1.26 bits per heavy atom. The lowest BCUT2D eigenvalue weighted by Crippen LogP contribution is -2.38. The highest BCUT2D eigenvalue weighted by Crippen LogP contribution is 2.29. The van der Waals surface area contributed by atoms with Gasteiger partial charge < -0.3 is 34.8 Å². The maximum Gasteiger partial charge on any atom is 0.321 e. The molecule has 2 fully saturated rings. The van der Waals surface area contributed by atoms with E-state index in [0.717, 1.165) is 43.8 Å². The maximum absolute atomic E-state index is 13.7. The minimum atomic E-state index is -0.265. The van der Waals surface area contributed by atoms with Crippen LogP contribution in [0.25, 0.3) is 0 Å². The molecule has 10 nitrogen and oxygen atoms in total. The Morgan fingerprint density at radius 3 is 1.93 bits per heavy atom. The van der Waals surface area contributed by atoms with E-state index in [0.29, 0.717) is 54.4 Å². The van der Waals surface area contributed by atoms with Crippen LogP contribution in [0.3, 0.4) is 0 Å². The standard InChI is InChI=1S/C32H37N5O5/c1-41-26-11-6-23(7-12-26)30(38)33-25-10-15-29(28(22-25)31(39)36-16-3-4-17-36)35-18-5-19-37(21-20-35)32(40)34-24-8-13-27(42-2)14-9-24/h6-15,22H,3-5,16-21H2,1-2H3,(H,33,38)(H,34,40). The molecule has 0 aromatic heterocycles. The van der Waals surface area contributed by atoms with Crippen LogP contribution in [0.5, 0.6) is 11.5 Å². The Morgan fingerprint density at radius 1 is 0.643 bits per heavy atom. The molecule has 0 aliphatic carbocycles. The monoisotopic (exact) mass is 571 g/mol. The van der Waals surface area contributed by atoms with E-state index in [1.54, 1.807) is 49.5 Å². The van der Waals surface area contributed by atoms with Crippen LogP contribution in [-0.2, 0) is 0 Å². The number of hydrogen-bond acceptors (Lipinski definition) is 6. The molecule has 10 heteroatoms. The molecule has 2 aliphatic heterocycles. The van der Waals surface area contributed by atoms with Crippen molar-refractivity contribution in [1.82, 2.24) is 9.80 Å². The molecule has 220 valence electrons. The number of nitrogens with zero attached hydrogens (tertiary/aromatic N) is 3. The fraction of sp³-hybridized carbons (Fsp3) is 0.344. The Balaban J connectivity index is 1.31. The van der Waals surface area contributed by atoms with Gasteiger partial charge in [0.25, 0.3) is 11.8 Å². The first kappa shape index (κ1) is 28.8. The Kier molecular flexibility index (Phi) is 9.11. The first-order valence-corrected chi connectivity index (χ1v) is 14.3. The summed E-state index contributed by atoms with van der Waals surface area (Å²) in [7, 11) is 3.18. The van der Waals surface area contributed by atoms with Crippen molar-refractivity contribution in [2.45, 2.75) is 19.3 Å². The Bertz CT molecular complexity index is 1400. The largest absolute Gasteiger partial charge is 0.497 e. The lowest BCUT2D eigenvalue weighted by Gasteiger charge is -2.27. The van der Waals surface area contributed by atoms with E-state index in [9.17, 15) is 14.4 Å². The molecule has 5 rings (SSSR count). The molecule has 4 amide bonds.